The fourth-order valence-corrected chi connectivity index (χ4v) is 3.26. The lowest BCUT2D eigenvalue weighted by Gasteiger charge is -2.33. The van der Waals surface area contributed by atoms with E-state index in [1.807, 2.05) is 11.8 Å². The molecule has 0 aliphatic heterocycles. The van der Waals surface area contributed by atoms with Gasteiger partial charge in [0.05, 0.1) is 0 Å². The number of thioether (sulfide) groups is 1. The van der Waals surface area contributed by atoms with E-state index in [0.717, 1.165) is 6.42 Å². The van der Waals surface area contributed by atoms with Crippen molar-refractivity contribution in [3.05, 3.63) is 35.4 Å². The van der Waals surface area contributed by atoms with E-state index >= 15 is 0 Å². The molecule has 2 N–H and O–H groups in total. The van der Waals surface area contributed by atoms with Gasteiger partial charge in [-0.15, -0.1) is 0 Å². The SMILES string of the molecule is CSCCC(C)N(C)C(CN)c1ccc(CC(C)C)cc1. The Hall–Kier alpha value is -0.510. The highest BCUT2D eigenvalue weighted by Crippen LogP contribution is 2.23. The number of nitrogens with zero attached hydrogens (tertiary/aromatic N) is 1. The first-order valence-electron chi connectivity index (χ1n) is 7.99. The normalized spacial score (nSPS) is 14.7. The van der Waals surface area contributed by atoms with Crippen LogP contribution >= 0.6 is 11.8 Å². The van der Waals surface area contributed by atoms with Crippen molar-refractivity contribution in [2.75, 3.05) is 25.6 Å². The quantitative estimate of drug-likeness (QED) is 0.749. The van der Waals surface area contributed by atoms with Crippen LogP contribution in [-0.2, 0) is 6.42 Å². The molecule has 0 aliphatic rings. The predicted octanol–water partition coefficient (Wildman–Crippen LogP) is 3.96. The lowest BCUT2D eigenvalue weighted by atomic mass is 9.98. The van der Waals surface area contributed by atoms with Crippen LogP contribution in [0.15, 0.2) is 24.3 Å². The number of nitrogens with two attached hydrogens (primary N) is 1. The van der Waals surface area contributed by atoms with Gasteiger partial charge in [-0.3, -0.25) is 4.90 Å². The summed E-state index contributed by atoms with van der Waals surface area (Å²) >= 11 is 1.91. The van der Waals surface area contributed by atoms with Crippen LogP contribution in [0, 0.1) is 5.92 Å². The van der Waals surface area contributed by atoms with E-state index in [0.29, 0.717) is 24.5 Å². The standard InChI is InChI=1S/C18H32N2S/c1-14(2)12-16-6-8-17(9-7-16)18(13-19)20(4)15(3)10-11-21-5/h6-9,14-15,18H,10-13,19H2,1-5H3. The van der Waals surface area contributed by atoms with E-state index < -0.39 is 0 Å². The maximum atomic E-state index is 6.04. The number of benzene rings is 1. The van der Waals surface area contributed by atoms with E-state index in [4.69, 9.17) is 5.73 Å². The van der Waals surface area contributed by atoms with Crippen LogP contribution in [0.1, 0.15) is 44.4 Å². The Bertz CT molecular complexity index is 389. The highest BCUT2D eigenvalue weighted by molar-refractivity contribution is 7.98. The van der Waals surface area contributed by atoms with Crippen molar-refractivity contribution >= 4 is 11.8 Å². The Morgan fingerprint density at radius 2 is 1.76 bits per heavy atom. The molecule has 0 heterocycles. The van der Waals surface area contributed by atoms with Gasteiger partial charge in [-0.1, -0.05) is 38.1 Å². The highest BCUT2D eigenvalue weighted by atomic mass is 32.2. The molecule has 3 heteroatoms. The van der Waals surface area contributed by atoms with E-state index in [1.54, 1.807) is 0 Å². The van der Waals surface area contributed by atoms with Crippen molar-refractivity contribution in [1.82, 2.24) is 4.90 Å². The third-order valence-corrected chi connectivity index (χ3v) is 4.80. The molecule has 2 atom stereocenters. The zero-order valence-electron chi connectivity index (χ0n) is 14.3. The lowest BCUT2D eigenvalue weighted by Crippen LogP contribution is -2.37. The summed E-state index contributed by atoms with van der Waals surface area (Å²) in [5, 5.41) is 0. The summed E-state index contributed by atoms with van der Waals surface area (Å²) in [7, 11) is 2.20. The number of hydrogen-bond acceptors (Lipinski definition) is 3. The van der Waals surface area contributed by atoms with Crippen molar-refractivity contribution in [2.45, 2.75) is 45.7 Å². The van der Waals surface area contributed by atoms with Crippen LogP contribution in [0.4, 0.5) is 0 Å². The van der Waals surface area contributed by atoms with Crippen LogP contribution in [-0.4, -0.2) is 36.5 Å². The van der Waals surface area contributed by atoms with Crippen LogP contribution in [0.5, 0.6) is 0 Å². The van der Waals surface area contributed by atoms with Gasteiger partial charge in [-0.2, -0.15) is 11.8 Å². The minimum Gasteiger partial charge on any atom is -0.329 e. The monoisotopic (exact) mass is 308 g/mol. The van der Waals surface area contributed by atoms with Crippen molar-refractivity contribution in [1.29, 1.82) is 0 Å². The molecule has 21 heavy (non-hydrogen) atoms. The number of rotatable bonds is 9. The molecule has 0 saturated carbocycles. The van der Waals surface area contributed by atoms with Crippen LogP contribution in [0.2, 0.25) is 0 Å². The van der Waals surface area contributed by atoms with Gasteiger partial charge in [0.1, 0.15) is 0 Å². The van der Waals surface area contributed by atoms with E-state index in [9.17, 15) is 0 Å². The molecule has 0 bridgehead atoms. The summed E-state index contributed by atoms with van der Waals surface area (Å²) in [6.07, 6.45) is 4.52. The van der Waals surface area contributed by atoms with E-state index in [1.165, 1.54) is 23.3 Å². The zero-order valence-corrected chi connectivity index (χ0v) is 15.1. The Morgan fingerprint density at radius 3 is 2.24 bits per heavy atom. The lowest BCUT2D eigenvalue weighted by molar-refractivity contribution is 0.185. The fraction of sp³-hybridized carbons (Fsp3) is 0.667. The van der Waals surface area contributed by atoms with Gasteiger partial charge >= 0.3 is 0 Å². The molecule has 0 aromatic heterocycles. The van der Waals surface area contributed by atoms with Gasteiger partial charge in [0.25, 0.3) is 0 Å². The van der Waals surface area contributed by atoms with Crippen LogP contribution in [0.3, 0.4) is 0 Å². The summed E-state index contributed by atoms with van der Waals surface area (Å²) in [5.74, 6) is 1.91. The summed E-state index contributed by atoms with van der Waals surface area (Å²) in [4.78, 5) is 2.42. The maximum absolute atomic E-state index is 6.04. The molecule has 1 aromatic rings. The average Bonchev–Trinajstić information content (AvgIpc) is 2.46. The molecule has 0 aliphatic carbocycles. The molecule has 0 amide bonds. The summed E-state index contributed by atoms with van der Waals surface area (Å²) in [5.41, 5.74) is 8.80. The van der Waals surface area contributed by atoms with Crippen LogP contribution in [0.25, 0.3) is 0 Å². The van der Waals surface area contributed by atoms with Crippen molar-refractivity contribution < 1.29 is 0 Å². The minimum atomic E-state index is 0.315. The number of likely N-dealkylation sites (N-methyl/N-ethyl adjacent to an activating group) is 1. The Kier molecular flexibility index (Phi) is 8.38. The first kappa shape index (κ1) is 18.5. The minimum absolute atomic E-state index is 0.315. The summed E-state index contributed by atoms with van der Waals surface area (Å²) in [6.45, 7) is 7.49. The highest BCUT2D eigenvalue weighted by Gasteiger charge is 2.20. The maximum Gasteiger partial charge on any atom is 0.0470 e. The van der Waals surface area contributed by atoms with E-state index in [2.05, 4.69) is 63.2 Å². The van der Waals surface area contributed by atoms with Gasteiger partial charge in [0.2, 0.25) is 0 Å². The molecule has 2 nitrogen and oxygen atoms in total. The molecule has 0 spiro atoms. The summed E-state index contributed by atoms with van der Waals surface area (Å²) in [6, 6.07) is 9.91. The molecule has 0 saturated heterocycles. The van der Waals surface area contributed by atoms with Gasteiger partial charge in [-0.25, -0.2) is 0 Å². The molecule has 0 radical (unpaired) electrons. The van der Waals surface area contributed by atoms with Gasteiger partial charge in [0.15, 0.2) is 0 Å². The molecular weight excluding hydrogens is 276 g/mol. The van der Waals surface area contributed by atoms with E-state index in [-0.39, 0.29) is 0 Å². The molecule has 120 valence electrons. The van der Waals surface area contributed by atoms with Gasteiger partial charge in [0, 0.05) is 18.6 Å². The summed E-state index contributed by atoms with van der Waals surface area (Å²) < 4.78 is 0. The zero-order chi connectivity index (χ0) is 15.8. The predicted molar refractivity (Wildman–Crippen MR) is 97.0 cm³/mol. The molecular formula is C18H32N2S. The largest absolute Gasteiger partial charge is 0.329 e. The first-order chi connectivity index (χ1) is 9.99. The smallest absolute Gasteiger partial charge is 0.0470 e. The Labute approximate surface area is 135 Å². The van der Waals surface area contributed by atoms with Crippen molar-refractivity contribution in [2.24, 2.45) is 11.7 Å². The second-order valence-electron chi connectivity index (χ2n) is 6.39. The molecule has 0 fully saturated rings. The van der Waals surface area contributed by atoms with Crippen molar-refractivity contribution in [3.63, 3.8) is 0 Å². The molecule has 1 rings (SSSR count). The number of hydrogen-bond donors (Lipinski definition) is 1. The molecule has 1 aromatic carbocycles. The van der Waals surface area contributed by atoms with Gasteiger partial charge < -0.3 is 5.73 Å². The molecule has 2 unspecified atom stereocenters. The fourth-order valence-electron chi connectivity index (χ4n) is 2.68. The topological polar surface area (TPSA) is 29.3 Å². The average molecular weight is 309 g/mol. The third kappa shape index (κ3) is 6.01. The second kappa shape index (κ2) is 9.50. The van der Waals surface area contributed by atoms with Crippen LogP contribution < -0.4 is 5.73 Å². The Balaban J connectivity index is 2.74. The van der Waals surface area contributed by atoms with Crippen molar-refractivity contribution in [3.8, 4) is 0 Å². The first-order valence-corrected chi connectivity index (χ1v) is 9.38. The third-order valence-electron chi connectivity index (χ3n) is 4.16. The Morgan fingerprint density at radius 1 is 1.14 bits per heavy atom. The van der Waals surface area contributed by atoms with Gasteiger partial charge in [-0.05, 0) is 55.9 Å². The second-order valence-corrected chi connectivity index (χ2v) is 7.37.